The maximum absolute atomic E-state index is 13.5. The number of fused-ring (bicyclic) bond motifs is 1. The van der Waals surface area contributed by atoms with Crippen molar-refractivity contribution >= 4 is 33.1 Å². The molecule has 6 nitrogen and oxygen atoms in total. The second-order valence-electron chi connectivity index (χ2n) is 9.09. The SMILES string of the molecule is OCCNCCS1=CCc2c1n(Cc1ccccc1)cnc2=Nc1ccc(OCc2cccc(F)c2)c(Cl)c1. The molecule has 1 unspecified atom stereocenters. The molecular weight excluding hydrogens is 535 g/mol. The lowest BCUT2D eigenvalue weighted by molar-refractivity contribution is 0.294. The van der Waals surface area contributed by atoms with E-state index < -0.39 is 0 Å². The van der Waals surface area contributed by atoms with Crippen molar-refractivity contribution in [1.82, 2.24) is 14.9 Å². The van der Waals surface area contributed by atoms with Gasteiger partial charge < -0.3 is 19.7 Å². The fourth-order valence-corrected chi connectivity index (χ4v) is 6.80. The second-order valence-corrected chi connectivity index (χ2v) is 11.5. The molecule has 1 aliphatic heterocycles. The van der Waals surface area contributed by atoms with Crippen LogP contribution in [0.2, 0.25) is 5.02 Å². The fourth-order valence-electron chi connectivity index (χ4n) is 4.42. The van der Waals surface area contributed by atoms with Crippen LogP contribution < -0.4 is 15.5 Å². The van der Waals surface area contributed by atoms with Crippen LogP contribution in [0.3, 0.4) is 0 Å². The van der Waals surface area contributed by atoms with E-state index in [4.69, 9.17) is 31.4 Å². The van der Waals surface area contributed by atoms with Crippen molar-refractivity contribution in [3.8, 4) is 5.75 Å². The van der Waals surface area contributed by atoms with Crippen molar-refractivity contribution in [2.45, 2.75) is 24.6 Å². The zero-order valence-corrected chi connectivity index (χ0v) is 23.0. The number of nitrogens with one attached hydrogen (secondary N) is 1. The van der Waals surface area contributed by atoms with Gasteiger partial charge >= 0.3 is 0 Å². The molecule has 0 spiro atoms. The Bertz CT molecular complexity index is 1540. The molecule has 0 radical (unpaired) electrons. The van der Waals surface area contributed by atoms with Crippen molar-refractivity contribution in [1.29, 1.82) is 0 Å². The number of aromatic nitrogens is 2. The molecule has 4 aromatic rings. The van der Waals surface area contributed by atoms with E-state index in [9.17, 15) is 4.39 Å². The average Bonchev–Trinajstić information content (AvgIpc) is 3.37. The Hall–Kier alpha value is -3.30. The maximum Gasteiger partial charge on any atom is 0.160 e. The Labute approximate surface area is 234 Å². The standard InChI is InChI=1S/C30H30ClFN4O2S/c31-27-18-25(9-10-28(27)38-20-23-7-4-8-24(32)17-23)35-29-26-11-15-39(16-13-33-12-14-37)30(26)36(21-34-29)19-22-5-2-1-3-6-22/h1-10,15,17-18,21,33,37H,11-14,16,19-20H2. The van der Waals surface area contributed by atoms with E-state index in [1.54, 1.807) is 24.3 Å². The highest BCUT2D eigenvalue weighted by atomic mass is 35.5. The molecule has 39 heavy (non-hydrogen) atoms. The highest BCUT2D eigenvalue weighted by molar-refractivity contribution is 8.15. The second kappa shape index (κ2) is 13.2. The smallest absolute Gasteiger partial charge is 0.160 e. The summed E-state index contributed by atoms with van der Waals surface area (Å²) in [4.78, 5) is 9.60. The first-order valence-electron chi connectivity index (χ1n) is 12.8. The Morgan fingerprint density at radius 1 is 1.05 bits per heavy atom. The summed E-state index contributed by atoms with van der Waals surface area (Å²) in [5.41, 5.74) is 4.44. The predicted molar refractivity (Wildman–Crippen MR) is 156 cm³/mol. The Kier molecular flexibility index (Phi) is 9.21. The zero-order valence-electron chi connectivity index (χ0n) is 21.4. The maximum atomic E-state index is 13.5. The fraction of sp³-hybridized carbons (Fsp3) is 0.233. The molecule has 2 N–H and O–H groups in total. The third-order valence-electron chi connectivity index (χ3n) is 6.26. The third kappa shape index (κ3) is 7.02. The molecule has 0 saturated carbocycles. The number of aliphatic hydroxyl groups is 1. The highest BCUT2D eigenvalue weighted by Crippen LogP contribution is 2.34. The number of rotatable bonds is 11. The first-order chi connectivity index (χ1) is 19.1. The quantitative estimate of drug-likeness (QED) is 0.151. The summed E-state index contributed by atoms with van der Waals surface area (Å²) in [5.74, 6) is 1.16. The van der Waals surface area contributed by atoms with Gasteiger partial charge in [-0.2, -0.15) is 0 Å². The number of hydrogen-bond acceptors (Lipinski definition) is 5. The van der Waals surface area contributed by atoms with E-state index in [0.717, 1.165) is 36.4 Å². The molecule has 1 aliphatic rings. The topological polar surface area (TPSA) is 71.7 Å². The molecule has 0 fully saturated rings. The van der Waals surface area contributed by atoms with Gasteiger partial charge in [0, 0.05) is 37.4 Å². The summed E-state index contributed by atoms with van der Waals surface area (Å²) in [6.45, 7) is 2.50. The number of aliphatic hydroxyl groups excluding tert-OH is 1. The number of nitrogens with zero attached hydrogens (tertiary/aromatic N) is 3. The summed E-state index contributed by atoms with van der Waals surface area (Å²) in [6.07, 6.45) is 2.67. The van der Waals surface area contributed by atoms with Crippen LogP contribution in [0.4, 0.5) is 10.1 Å². The van der Waals surface area contributed by atoms with Crippen molar-refractivity contribution in [3.63, 3.8) is 0 Å². The lowest BCUT2D eigenvalue weighted by Crippen LogP contribution is -2.22. The Balaban J connectivity index is 1.41. The molecule has 3 aromatic carbocycles. The van der Waals surface area contributed by atoms with Crippen LogP contribution in [-0.2, 0) is 19.6 Å². The van der Waals surface area contributed by atoms with Gasteiger partial charge in [-0.25, -0.2) is 14.4 Å². The lowest BCUT2D eigenvalue weighted by Gasteiger charge is -2.17. The normalized spacial score (nSPS) is 14.7. The van der Waals surface area contributed by atoms with Crippen LogP contribution in [0.15, 0.2) is 89.1 Å². The molecule has 0 amide bonds. The summed E-state index contributed by atoms with van der Waals surface area (Å²) < 4.78 is 21.5. The van der Waals surface area contributed by atoms with Gasteiger partial charge in [-0.3, -0.25) is 0 Å². The lowest BCUT2D eigenvalue weighted by atomic mass is 10.2. The minimum absolute atomic E-state index is 0.0689. The molecule has 1 atom stereocenters. The van der Waals surface area contributed by atoms with E-state index >= 15 is 0 Å². The molecule has 5 rings (SSSR count). The summed E-state index contributed by atoms with van der Waals surface area (Å²) in [7, 11) is -0.0689. The van der Waals surface area contributed by atoms with Gasteiger partial charge in [-0.05, 0) is 41.5 Å². The van der Waals surface area contributed by atoms with Gasteiger partial charge in [-0.1, -0.05) is 59.4 Å². The first-order valence-corrected chi connectivity index (χ1v) is 14.6. The summed E-state index contributed by atoms with van der Waals surface area (Å²) in [6, 6.07) is 22.1. The van der Waals surface area contributed by atoms with Gasteiger partial charge in [0.1, 0.15) is 18.2 Å². The largest absolute Gasteiger partial charge is 0.487 e. The van der Waals surface area contributed by atoms with Crippen molar-refractivity contribution in [2.75, 3.05) is 25.4 Å². The van der Waals surface area contributed by atoms with E-state index in [1.807, 2.05) is 30.6 Å². The number of halogens is 2. The zero-order chi connectivity index (χ0) is 27.0. The van der Waals surface area contributed by atoms with Crippen LogP contribution in [0.1, 0.15) is 16.7 Å². The van der Waals surface area contributed by atoms with Crippen LogP contribution in [0.5, 0.6) is 5.75 Å². The van der Waals surface area contributed by atoms with Gasteiger partial charge in [0.05, 0.1) is 28.7 Å². The van der Waals surface area contributed by atoms with E-state index in [1.165, 1.54) is 22.7 Å². The first kappa shape index (κ1) is 27.3. The van der Waals surface area contributed by atoms with Gasteiger partial charge in [0.15, 0.2) is 5.49 Å². The minimum atomic E-state index is -0.300. The molecule has 9 heteroatoms. The van der Waals surface area contributed by atoms with E-state index in [0.29, 0.717) is 28.5 Å². The molecular formula is C30H30ClFN4O2S. The highest BCUT2D eigenvalue weighted by Gasteiger charge is 2.20. The van der Waals surface area contributed by atoms with Gasteiger partial charge in [0.2, 0.25) is 0 Å². The van der Waals surface area contributed by atoms with Crippen LogP contribution in [-0.4, -0.2) is 45.5 Å². The molecule has 0 saturated heterocycles. The van der Waals surface area contributed by atoms with Crippen molar-refractivity contribution < 1.29 is 14.2 Å². The molecule has 0 aliphatic carbocycles. The number of ether oxygens (including phenoxy) is 1. The van der Waals surface area contributed by atoms with E-state index in [2.05, 4.69) is 27.4 Å². The molecule has 202 valence electrons. The molecule has 2 heterocycles. The summed E-state index contributed by atoms with van der Waals surface area (Å²) >= 11 is 6.52. The Morgan fingerprint density at radius 2 is 1.90 bits per heavy atom. The van der Waals surface area contributed by atoms with Gasteiger partial charge in [0.25, 0.3) is 0 Å². The van der Waals surface area contributed by atoms with Crippen molar-refractivity contribution in [3.05, 3.63) is 112 Å². The third-order valence-corrected chi connectivity index (χ3v) is 8.75. The molecule has 0 bridgehead atoms. The summed E-state index contributed by atoms with van der Waals surface area (Å²) in [5, 5.41) is 16.4. The van der Waals surface area contributed by atoms with Crippen LogP contribution in [0.25, 0.3) is 0 Å². The van der Waals surface area contributed by atoms with Crippen LogP contribution >= 0.6 is 22.1 Å². The predicted octanol–water partition coefficient (Wildman–Crippen LogP) is 5.10. The van der Waals surface area contributed by atoms with Crippen LogP contribution in [0, 0.1) is 5.82 Å². The number of benzene rings is 3. The molecule has 1 aromatic heterocycles. The number of hydrogen-bond donors (Lipinski definition) is 2. The minimum Gasteiger partial charge on any atom is -0.487 e. The van der Waals surface area contributed by atoms with Crippen molar-refractivity contribution in [2.24, 2.45) is 4.99 Å². The average molecular weight is 565 g/mol. The van der Waals surface area contributed by atoms with Gasteiger partial charge in [-0.15, -0.1) is 10.5 Å². The monoisotopic (exact) mass is 564 g/mol. The van der Waals surface area contributed by atoms with E-state index in [-0.39, 0.29) is 29.5 Å². The Morgan fingerprint density at radius 3 is 2.69 bits per heavy atom.